The SMILES string of the molecule is CCOCCNc1nc2ccc([N+](=O)[O-])cc2[nH]1. The summed E-state index contributed by atoms with van der Waals surface area (Å²) in [6, 6.07) is 4.53. The van der Waals surface area contributed by atoms with Crippen LogP contribution >= 0.6 is 0 Å². The van der Waals surface area contributed by atoms with Gasteiger partial charge in [0.25, 0.3) is 5.69 Å². The molecule has 2 rings (SSSR count). The van der Waals surface area contributed by atoms with E-state index < -0.39 is 4.92 Å². The number of nitrogens with one attached hydrogen (secondary N) is 2. The van der Waals surface area contributed by atoms with E-state index in [1.165, 1.54) is 12.1 Å². The van der Waals surface area contributed by atoms with Crippen LogP contribution in [0.25, 0.3) is 11.0 Å². The third kappa shape index (κ3) is 2.75. The fraction of sp³-hybridized carbons (Fsp3) is 0.364. The second-order valence-corrected chi connectivity index (χ2v) is 3.67. The van der Waals surface area contributed by atoms with Crippen LogP contribution < -0.4 is 5.32 Å². The third-order valence-electron chi connectivity index (χ3n) is 2.42. The number of imidazole rings is 1. The number of nitro groups is 1. The van der Waals surface area contributed by atoms with Crippen molar-refractivity contribution in [3.05, 3.63) is 28.3 Å². The number of ether oxygens (including phenoxy) is 1. The third-order valence-corrected chi connectivity index (χ3v) is 2.42. The minimum atomic E-state index is -0.428. The molecule has 0 spiro atoms. The normalized spacial score (nSPS) is 10.7. The molecule has 0 aliphatic carbocycles. The van der Waals surface area contributed by atoms with Crippen molar-refractivity contribution in [1.29, 1.82) is 0 Å². The number of nitrogens with zero attached hydrogens (tertiary/aromatic N) is 2. The second kappa shape index (κ2) is 5.46. The number of H-pyrrole nitrogens is 1. The summed E-state index contributed by atoms with van der Waals surface area (Å²) < 4.78 is 5.19. The first kappa shape index (κ1) is 12.3. The molecular formula is C11H14N4O3. The van der Waals surface area contributed by atoms with Gasteiger partial charge in [0.2, 0.25) is 5.95 Å². The summed E-state index contributed by atoms with van der Waals surface area (Å²) in [4.78, 5) is 17.5. The van der Waals surface area contributed by atoms with Gasteiger partial charge in [0.1, 0.15) is 0 Å². The largest absolute Gasteiger partial charge is 0.380 e. The Balaban J connectivity index is 2.09. The number of hydrogen-bond donors (Lipinski definition) is 2. The van der Waals surface area contributed by atoms with Gasteiger partial charge in [-0.1, -0.05) is 0 Å². The van der Waals surface area contributed by atoms with Crippen LogP contribution in [0.1, 0.15) is 6.92 Å². The fourth-order valence-electron chi connectivity index (χ4n) is 1.58. The molecule has 18 heavy (non-hydrogen) atoms. The molecule has 2 aromatic rings. The first-order valence-electron chi connectivity index (χ1n) is 5.66. The van der Waals surface area contributed by atoms with E-state index in [-0.39, 0.29) is 5.69 Å². The highest BCUT2D eigenvalue weighted by Crippen LogP contribution is 2.20. The molecule has 2 N–H and O–H groups in total. The van der Waals surface area contributed by atoms with Crippen LogP contribution in [-0.4, -0.2) is 34.6 Å². The maximum atomic E-state index is 10.6. The van der Waals surface area contributed by atoms with Crippen LogP contribution in [0.3, 0.4) is 0 Å². The quantitative estimate of drug-likeness (QED) is 0.464. The lowest BCUT2D eigenvalue weighted by atomic mass is 10.3. The van der Waals surface area contributed by atoms with Gasteiger partial charge < -0.3 is 15.0 Å². The summed E-state index contributed by atoms with van der Waals surface area (Å²) >= 11 is 0. The van der Waals surface area contributed by atoms with Gasteiger partial charge in [-0.05, 0) is 13.0 Å². The highest BCUT2D eigenvalue weighted by Gasteiger charge is 2.09. The molecule has 0 saturated heterocycles. The van der Waals surface area contributed by atoms with Gasteiger partial charge in [-0.15, -0.1) is 0 Å². The molecule has 7 nitrogen and oxygen atoms in total. The Morgan fingerprint density at radius 3 is 3.11 bits per heavy atom. The summed E-state index contributed by atoms with van der Waals surface area (Å²) in [6.07, 6.45) is 0. The van der Waals surface area contributed by atoms with Gasteiger partial charge in [0, 0.05) is 25.3 Å². The van der Waals surface area contributed by atoms with Crippen molar-refractivity contribution >= 4 is 22.7 Å². The minimum absolute atomic E-state index is 0.0482. The lowest BCUT2D eigenvalue weighted by Crippen LogP contribution is -2.09. The van der Waals surface area contributed by atoms with Crippen LogP contribution in [0.15, 0.2) is 18.2 Å². The highest BCUT2D eigenvalue weighted by atomic mass is 16.6. The number of aromatic nitrogens is 2. The number of hydrogen-bond acceptors (Lipinski definition) is 5. The number of anilines is 1. The number of fused-ring (bicyclic) bond motifs is 1. The molecule has 0 aliphatic rings. The van der Waals surface area contributed by atoms with Crippen LogP contribution in [0, 0.1) is 10.1 Å². The first-order chi connectivity index (χ1) is 8.70. The van der Waals surface area contributed by atoms with E-state index >= 15 is 0 Å². The van der Waals surface area contributed by atoms with Crippen molar-refractivity contribution in [1.82, 2.24) is 9.97 Å². The zero-order valence-corrected chi connectivity index (χ0v) is 9.97. The van der Waals surface area contributed by atoms with E-state index in [0.717, 1.165) is 0 Å². The number of rotatable bonds is 6. The highest BCUT2D eigenvalue weighted by molar-refractivity contribution is 5.79. The Hall–Kier alpha value is -2.15. The Labute approximate surface area is 103 Å². The van der Waals surface area contributed by atoms with E-state index in [1.807, 2.05) is 6.92 Å². The molecule has 0 radical (unpaired) electrons. The molecule has 96 valence electrons. The molecule has 1 aromatic heterocycles. The van der Waals surface area contributed by atoms with E-state index in [0.29, 0.717) is 36.7 Å². The lowest BCUT2D eigenvalue weighted by Gasteiger charge is -2.01. The zero-order valence-electron chi connectivity index (χ0n) is 9.97. The predicted octanol–water partition coefficient (Wildman–Crippen LogP) is 1.92. The monoisotopic (exact) mass is 250 g/mol. The number of benzene rings is 1. The predicted molar refractivity (Wildman–Crippen MR) is 67.7 cm³/mol. The van der Waals surface area contributed by atoms with Gasteiger partial charge in [0.15, 0.2) is 0 Å². The van der Waals surface area contributed by atoms with E-state index in [1.54, 1.807) is 6.07 Å². The van der Waals surface area contributed by atoms with Crippen molar-refractivity contribution < 1.29 is 9.66 Å². The van der Waals surface area contributed by atoms with Crippen molar-refractivity contribution in [2.45, 2.75) is 6.92 Å². The summed E-state index contributed by atoms with van der Waals surface area (Å²) in [5, 5.41) is 13.7. The maximum Gasteiger partial charge on any atom is 0.271 e. The first-order valence-corrected chi connectivity index (χ1v) is 5.66. The molecule has 0 saturated carbocycles. The van der Waals surface area contributed by atoms with Crippen LogP contribution in [0.4, 0.5) is 11.6 Å². The average Bonchev–Trinajstić information content (AvgIpc) is 2.76. The van der Waals surface area contributed by atoms with E-state index in [2.05, 4.69) is 15.3 Å². The molecule has 7 heteroatoms. The van der Waals surface area contributed by atoms with Crippen LogP contribution in [0.5, 0.6) is 0 Å². The topological polar surface area (TPSA) is 93.1 Å². The van der Waals surface area contributed by atoms with Crippen LogP contribution in [0.2, 0.25) is 0 Å². The van der Waals surface area contributed by atoms with Crippen molar-refractivity contribution in [3.8, 4) is 0 Å². The van der Waals surface area contributed by atoms with Crippen molar-refractivity contribution in [3.63, 3.8) is 0 Å². The molecular weight excluding hydrogens is 236 g/mol. The average molecular weight is 250 g/mol. The van der Waals surface area contributed by atoms with Crippen LogP contribution in [-0.2, 0) is 4.74 Å². The minimum Gasteiger partial charge on any atom is -0.380 e. The zero-order chi connectivity index (χ0) is 13.0. The van der Waals surface area contributed by atoms with Gasteiger partial charge in [-0.2, -0.15) is 0 Å². The Bertz CT molecular complexity index is 552. The summed E-state index contributed by atoms with van der Waals surface area (Å²) in [5.41, 5.74) is 1.38. The number of non-ortho nitro benzene ring substituents is 1. The lowest BCUT2D eigenvalue weighted by molar-refractivity contribution is -0.384. The Morgan fingerprint density at radius 2 is 2.39 bits per heavy atom. The Kier molecular flexibility index (Phi) is 3.73. The van der Waals surface area contributed by atoms with Gasteiger partial charge in [0.05, 0.1) is 22.6 Å². The Morgan fingerprint density at radius 1 is 1.56 bits per heavy atom. The standard InChI is InChI=1S/C11H14N4O3/c1-2-18-6-5-12-11-13-9-4-3-8(15(16)17)7-10(9)14-11/h3-4,7H,2,5-6H2,1H3,(H2,12,13,14). The molecule has 1 aromatic carbocycles. The molecule has 0 bridgehead atoms. The molecule has 0 atom stereocenters. The summed E-state index contributed by atoms with van der Waals surface area (Å²) in [7, 11) is 0. The van der Waals surface area contributed by atoms with E-state index in [9.17, 15) is 10.1 Å². The maximum absolute atomic E-state index is 10.6. The molecule has 1 heterocycles. The molecule has 0 amide bonds. The summed E-state index contributed by atoms with van der Waals surface area (Å²) in [5.74, 6) is 0.588. The molecule has 0 fully saturated rings. The van der Waals surface area contributed by atoms with Crippen molar-refractivity contribution in [2.75, 3.05) is 25.1 Å². The number of aromatic amines is 1. The molecule has 0 unspecified atom stereocenters. The number of nitro benzene ring substituents is 1. The smallest absolute Gasteiger partial charge is 0.271 e. The second-order valence-electron chi connectivity index (χ2n) is 3.67. The van der Waals surface area contributed by atoms with Gasteiger partial charge in [-0.3, -0.25) is 10.1 Å². The summed E-state index contributed by atoms with van der Waals surface area (Å²) in [6.45, 7) is 3.83. The fourth-order valence-corrected chi connectivity index (χ4v) is 1.58. The van der Waals surface area contributed by atoms with E-state index in [4.69, 9.17) is 4.74 Å². The van der Waals surface area contributed by atoms with Crippen molar-refractivity contribution in [2.24, 2.45) is 0 Å². The van der Waals surface area contributed by atoms with Gasteiger partial charge in [-0.25, -0.2) is 4.98 Å². The van der Waals surface area contributed by atoms with Gasteiger partial charge >= 0.3 is 0 Å². The molecule has 0 aliphatic heterocycles.